The number of hydrogen-bond donors (Lipinski definition) is 2. The smallest absolute Gasteiger partial charge is 0.302 e. The quantitative estimate of drug-likeness (QED) is 0.424. The van der Waals surface area contributed by atoms with Gasteiger partial charge in [-0.25, -0.2) is 0 Å². The molecule has 8 heteroatoms. The third kappa shape index (κ3) is 3.82. The number of benzene rings is 1. The number of esters is 1. The molecule has 0 saturated heterocycles. The molecule has 1 atom stereocenters. The standard InChI is InChI=1S/C19H20Cl2N2O4/c1-10(24)26-5-4-19-3-2-12(25)7-13(19)16-11(8-19)6-14(17(20)18(16)21)27-9-15(22)23/h6-7H,2-5,8-9H2,1H3,(H3,22,23). The average Bonchev–Trinajstić information content (AvgIpc) is 2.90. The molecular weight excluding hydrogens is 391 g/mol. The Morgan fingerprint density at radius 2 is 2.11 bits per heavy atom. The van der Waals surface area contributed by atoms with Gasteiger partial charge in [0.15, 0.2) is 5.78 Å². The van der Waals surface area contributed by atoms with Gasteiger partial charge in [0.05, 0.1) is 11.6 Å². The van der Waals surface area contributed by atoms with Gasteiger partial charge in [-0.2, -0.15) is 0 Å². The van der Waals surface area contributed by atoms with Gasteiger partial charge in [0.1, 0.15) is 23.2 Å². The number of nitrogens with one attached hydrogen (secondary N) is 1. The second kappa shape index (κ2) is 7.52. The summed E-state index contributed by atoms with van der Waals surface area (Å²) in [6.45, 7) is 1.55. The Morgan fingerprint density at radius 1 is 1.37 bits per heavy atom. The topological polar surface area (TPSA) is 102 Å². The third-order valence-corrected chi connectivity index (χ3v) is 5.90. The van der Waals surface area contributed by atoms with E-state index in [4.69, 9.17) is 43.8 Å². The van der Waals surface area contributed by atoms with E-state index in [0.717, 1.165) is 16.7 Å². The van der Waals surface area contributed by atoms with Crippen LogP contribution in [-0.2, 0) is 20.7 Å². The van der Waals surface area contributed by atoms with E-state index in [9.17, 15) is 9.59 Å². The minimum atomic E-state index is -0.333. The number of allylic oxidation sites excluding steroid dienone is 2. The van der Waals surface area contributed by atoms with Crippen molar-refractivity contribution in [1.82, 2.24) is 0 Å². The summed E-state index contributed by atoms with van der Waals surface area (Å²) >= 11 is 12.9. The van der Waals surface area contributed by atoms with Gasteiger partial charge < -0.3 is 15.2 Å². The van der Waals surface area contributed by atoms with E-state index in [0.29, 0.717) is 36.5 Å². The summed E-state index contributed by atoms with van der Waals surface area (Å²) in [6, 6.07) is 1.80. The molecule has 144 valence electrons. The molecule has 1 aromatic rings. The van der Waals surface area contributed by atoms with Crippen LogP contribution in [0.1, 0.15) is 37.3 Å². The van der Waals surface area contributed by atoms with Crippen molar-refractivity contribution < 1.29 is 19.1 Å². The number of ketones is 1. The van der Waals surface area contributed by atoms with Gasteiger partial charge in [0, 0.05) is 24.3 Å². The summed E-state index contributed by atoms with van der Waals surface area (Å²) in [6.07, 6.45) is 3.98. The second-order valence-corrected chi connectivity index (χ2v) is 7.68. The highest BCUT2D eigenvalue weighted by Crippen LogP contribution is 2.57. The van der Waals surface area contributed by atoms with Crippen LogP contribution in [0.5, 0.6) is 5.75 Å². The third-order valence-electron chi connectivity index (χ3n) is 5.05. The first kappa shape index (κ1) is 19.7. The summed E-state index contributed by atoms with van der Waals surface area (Å²) in [4.78, 5) is 23.2. The fourth-order valence-corrected chi connectivity index (χ4v) is 4.37. The first-order chi connectivity index (χ1) is 12.7. The Kier molecular flexibility index (Phi) is 5.49. The van der Waals surface area contributed by atoms with Crippen molar-refractivity contribution in [2.75, 3.05) is 13.2 Å². The largest absolute Gasteiger partial charge is 0.484 e. The Balaban J connectivity index is 2.00. The Bertz CT molecular complexity index is 866. The SMILES string of the molecule is CC(=O)OCCC12CCC(=O)C=C1c1c(cc(OCC(=N)N)c(Cl)c1Cl)C2. The highest BCUT2D eigenvalue weighted by Gasteiger charge is 2.45. The lowest BCUT2D eigenvalue weighted by Crippen LogP contribution is -2.27. The zero-order valence-corrected chi connectivity index (χ0v) is 16.4. The number of amidine groups is 1. The van der Waals surface area contributed by atoms with Crippen molar-refractivity contribution in [3.8, 4) is 5.75 Å². The van der Waals surface area contributed by atoms with Crippen molar-refractivity contribution >= 4 is 46.4 Å². The minimum absolute atomic E-state index is 0.0463. The van der Waals surface area contributed by atoms with E-state index in [2.05, 4.69) is 0 Å². The molecule has 0 heterocycles. The number of hydrogen-bond acceptors (Lipinski definition) is 5. The Hall–Kier alpha value is -2.05. The molecule has 0 spiro atoms. The van der Waals surface area contributed by atoms with Gasteiger partial charge in [-0.05, 0) is 42.5 Å². The van der Waals surface area contributed by atoms with Crippen molar-refractivity contribution in [1.29, 1.82) is 5.41 Å². The van der Waals surface area contributed by atoms with Crippen LogP contribution >= 0.6 is 23.2 Å². The maximum absolute atomic E-state index is 12.1. The van der Waals surface area contributed by atoms with Crippen LogP contribution < -0.4 is 10.5 Å². The van der Waals surface area contributed by atoms with Crippen molar-refractivity contribution in [3.63, 3.8) is 0 Å². The van der Waals surface area contributed by atoms with E-state index >= 15 is 0 Å². The van der Waals surface area contributed by atoms with Gasteiger partial charge in [-0.1, -0.05) is 23.2 Å². The predicted octanol–water partition coefficient (Wildman–Crippen LogP) is 3.55. The summed E-state index contributed by atoms with van der Waals surface area (Å²) < 4.78 is 10.6. The van der Waals surface area contributed by atoms with Gasteiger partial charge in [-0.15, -0.1) is 0 Å². The monoisotopic (exact) mass is 410 g/mol. The summed E-state index contributed by atoms with van der Waals surface area (Å²) in [5.74, 6) is -0.0516. The number of rotatable bonds is 6. The normalized spacial score (nSPS) is 20.6. The highest BCUT2D eigenvalue weighted by atomic mass is 35.5. The summed E-state index contributed by atoms with van der Waals surface area (Å²) in [7, 11) is 0. The highest BCUT2D eigenvalue weighted by molar-refractivity contribution is 6.44. The molecule has 1 unspecified atom stereocenters. The number of halogens is 2. The molecule has 1 aromatic carbocycles. The van der Waals surface area contributed by atoms with Crippen molar-refractivity contribution in [2.45, 2.75) is 32.6 Å². The van der Waals surface area contributed by atoms with Gasteiger partial charge >= 0.3 is 5.97 Å². The zero-order chi connectivity index (χ0) is 19.8. The van der Waals surface area contributed by atoms with Crippen molar-refractivity contribution in [2.24, 2.45) is 11.1 Å². The average molecular weight is 411 g/mol. The lowest BCUT2D eigenvalue weighted by atomic mass is 9.70. The number of ether oxygens (including phenoxy) is 2. The number of carbonyl (C=O) groups is 2. The van der Waals surface area contributed by atoms with E-state index in [1.54, 1.807) is 12.1 Å². The Morgan fingerprint density at radius 3 is 2.78 bits per heavy atom. The predicted molar refractivity (Wildman–Crippen MR) is 103 cm³/mol. The van der Waals surface area contributed by atoms with Crippen LogP contribution in [0.4, 0.5) is 0 Å². The first-order valence-electron chi connectivity index (χ1n) is 8.59. The van der Waals surface area contributed by atoms with Crippen LogP contribution in [0.15, 0.2) is 12.1 Å². The molecule has 6 nitrogen and oxygen atoms in total. The van der Waals surface area contributed by atoms with Crippen LogP contribution in [0.3, 0.4) is 0 Å². The van der Waals surface area contributed by atoms with E-state index in [1.165, 1.54) is 6.92 Å². The number of fused-ring (bicyclic) bond motifs is 3. The molecule has 2 aliphatic rings. The molecule has 0 aromatic heterocycles. The molecule has 0 amide bonds. The molecule has 27 heavy (non-hydrogen) atoms. The molecule has 0 fully saturated rings. The maximum atomic E-state index is 12.1. The first-order valence-corrected chi connectivity index (χ1v) is 9.34. The lowest BCUT2D eigenvalue weighted by molar-refractivity contribution is -0.141. The van der Waals surface area contributed by atoms with Crippen LogP contribution in [0.2, 0.25) is 10.0 Å². The molecule has 0 bridgehead atoms. The van der Waals surface area contributed by atoms with E-state index in [1.807, 2.05) is 0 Å². The zero-order valence-electron chi connectivity index (χ0n) is 14.9. The van der Waals surface area contributed by atoms with Crippen LogP contribution in [-0.4, -0.2) is 30.8 Å². The van der Waals surface area contributed by atoms with Crippen LogP contribution in [0, 0.1) is 10.8 Å². The van der Waals surface area contributed by atoms with Crippen LogP contribution in [0.25, 0.3) is 5.57 Å². The molecule has 3 rings (SSSR count). The van der Waals surface area contributed by atoms with Gasteiger partial charge in [0.2, 0.25) is 0 Å². The number of nitrogens with two attached hydrogens (primary N) is 1. The van der Waals surface area contributed by atoms with E-state index < -0.39 is 0 Å². The van der Waals surface area contributed by atoms with Crippen molar-refractivity contribution in [3.05, 3.63) is 33.3 Å². The molecule has 2 aliphatic carbocycles. The Labute approximate surface area is 167 Å². The lowest BCUT2D eigenvalue weighted by Gasteiger charge is -2.33. The summed E-state index contributed by atoms with van der Waals surface area (Å²) in [5.41, 5.74) is 7.56. The fourth-order valence-electron chi connectivity index (χ4n) is 3.85. The second-order valence-electron chi connectivity index (χ2n) is 6.92. The number of carbonyl (C=O) groups excluding carboxylic acids is 2. The summed E-state index contributed by atoms with van der Waals surface area (Å²) in [5, 5.41) is 7.86. The molecule has 0 saturated carbocycles. The molecule has 0 aliphatic heterocycles. The molecule has 3 N–H and O–H groups in total. The van der Waals surface area contributed by atoms with Gasteiger partial charge in [0.25, 0.3) is 0 Å². The minimum Gasteiger partial charge on any atom is -0.484 e. The molecular formula is C19H20Cl2N2O4. The van der Waals surface area contributed by atoms with E-state index in [-0.39, 0.29) is 41.2 Å². The van der Waals surface area contributed by atoms with Gasteiger partial charge in [-0.3, -0.25) is 15.0 Å². The molecule has 0 radical (unpaired) electrons. The fraction of sp³-hybridized carbons (Fsp3) is 0.421. The maximum Gasteiger partial charge on any atom is 0.302 e.